The predicted octanol–water partition coefficient (Wildman–Crippen LogP) is 2.24. The maximum atomic E-state index is 9.46. The summed E-state index contributed by atoms with van der Waals surface area (Å²) < 4.78 is 1.87. The Bertz CT molecular complexity index is 685. The number of hydrogen-bond acceptors (Lipinski definition) is 2. The normalized spacial score (nSPS) is 11.4. The van der Waals surface area contributed by atoms with Crippen molar-refractivity contribution in [2.45, 2.75) is 13.3 Å². The zero-order valence-electron chi connectivity index (χ0n) is 9.30. The van der Waals surface area contributed by atoms with Crippen LogP contribution >= 0.6 is 0 Å². The Morgan fingerprint density at radius 3 is 2.41 bits per heavy atom. The molecule has 0 atom stereocenters. The SMILES string of the molecule is OCc1ccc2c(c1)c1ccccc1n2CO. The molecule has 0 spiro atoms. The molecule has 0 aliphatic rings. The second-order valence-corrected chi connectivity index (χ2v) is 4.10. The summed E-state index contributed by atoms with van der Waals surface area (Å²) in [5.74, 6) is 0. The smallest absolute Gasteiger partial charge is 0.120 e. The Morgan fingerprint density at radius 2 is 1.65 bits per heavy atom. The van der Waals surface area contributed by atoms with E-state index in [1.165, 1.54) is 0 Å². The number of benzene rings is 2. The monoisotopic (exact) mass is 227 g/mol. The van der Waals surface area contributed by atoms with Crippen LogP contribution in [0.15, 0.2) is 42.5 Å². The maximum Gasteiger partial charge on any atom is 0.120 e. The molecule has 3 aromatic rings. The largest absolute Gasteiger partial charge is 0.392 e. The van der Waals surface area contributed by atoms with E-state index in [2.05, 4.69) is 0 Å². The third kappa shape index (κ3) is 1.44. The molecular formula is C14H13NO2. The molecule has 0 amide bonds. The number of aliphatic hydroxyl groups excluding tert-OH is 2. The van der Waals surface area contributed by atoms with Gasteiger partial charge in [0.05, 0.1) is 17.6 Å². The average Bonchev–Trinajstić information content (AvgIpc) is 2.71. The molecule has 86 valence electrons. The molecule has 0 bridgehead atoms. The third-order valence-corrected chi connectivity index (χ3v) is 3.16. The third-order valence-electron chi connectivity index (χ3n) is 3.16. The Hall–Kier alpha value is -1.84. The van der Waals surface area contributed by atoms with Crippen LogP contribution in [-0.2, 0) is 13.3 Å². The lowest BCUT2D eigenvalue weighted by Gasteiger charge is -2.02. The highest BCUT2D eigenvalue weighted by Crippen LogP contribution is 2.29. The van der Waals surface area contributed by atoms with Gasteiger partial charge in [-0.1, -0.05) is 24.3 Å². The first-order valence-electron chi connectivity index (χ1n) is 5.56. The van der Waals surface area contributed by atoms with E-state index < -0.39 is 0 Å². The zero-order valence-corrected chi connectivity index (χ0v) is 9.30. The first kappa shape index (κ1) is 10.3. The molecule has 0 aliphatic carbocycles. The summed E-state index contributed by atoms with van der Waals surface area (Å²) >= 11 is 0. The van der Waals surface area contributed by atoms with Gasteiger partial charge in [0, 0.05) is 10.8 Å². The van der Waals surface area contributed by atoms with Crippen molar-refractivity contribution in [1.29, 1.82) is 0 Å². The van der Waals surface area contributed by atoms with Crippen LogP contribution in [0.1, 0.15) is 5.56 Å². The van der Waals surface area contributed by atoms with Crippen LogP contribution in [0.3, 0.4) is 0 Å². The lowest BCUT2D eigenvalue weighted by atomic mass is 10.1. The van der Waals surface area contributed by atoms with Gasteiger partial charge < -0.3 is 14.8 Å². The summed E-state index contributed by atoms with van der Waals surface area (Å²) in [6.45, 7) is -0.00292. The second kappa shape index (κ2) is 3.87. The van der Waals surface area contributed by atoms with E-state index in [9.17, 15) is 10.2 Å². The van der Waals surface area contributed by atoms with E-state index in [0.29, 0.717) is 0 Å². The Morgan fingerprint density at radius 1 is 0.882 bits per heavy atom. The fourth-order valence-corrected chi connectivity index (χ4v) is 2.35. The van der Waals surface area contributed by atoms with Crippen LogP contribution in [0.25, 0.3) is 21.8 Å². The highest BCUT2D eigenvalue weighted by atomic mass is 16.3. The molecule has 2 N–H and O–H groups in total. The Labute approximate surface area is 98.5 Å². The number of para-hydroxylation sites is 1. The molecule has 1 aromatic heterocycles. The van der Waals surface area contributed by atoms with Gasteiger partial charge >= 0.3 is 0 Å². The number of aliphatic hydroxyl groups is 2. The van der Waals surface area contributed by atoms with Crippen molar-refractivity contribution in [3.8, 4) is 0 Å². The van der Waals surface area contributed by atoms with Gasteiger partial charge in [0.1, 0.15) is 6.73 Å². The summed E-state index contributed by atoms with van der Waals surface area (Å²) in [4.78, 5) is 0. The van der Waals surface area contributed by atoms with Crippen molar-refractivity contribution in [1.82, 2.24) is 4.57 Å². The van der Waals surface area contributed by atoms with Crippen molar-refractivity contribution in [3.63, 3.8) is 0 Å². The molecule has 0 saturated carbocycles. The maximum absolute atomic E-state index is 9.46. The summed E-state index contributed by atoms with van der Waals surface area (Å²) in [7, 11) is 0. The van der Waals surface area contributed by atoms with Crippen LogP contribution in [-0.4, -0.2) is 14.8 Å². The van der Waals surface area contributed by atoms with Gasteiger partial charge in [-0.3, -0.25) is 0 Å². The van der Waals surface area contributed by atoms with Gasteiger partial charge in [-0.25, -0.2) is 0 Å². The molecule has 0 saturated heterocycles. The number of nitrogens with zero attached hydrogens (tertiary/aromatic N) is 1. The van der Waals surface area contributed by atoms with Crippen molar-refractivity contribution < 1.29 is 10.2 Å². The number of fused-ring (bicyclic) bond motifs is 3. The molecule has 1 heterocycles. The average molecular weight is 227 g/mol. The minimum atomic E-state index is -0.0392. The lowest BCUT2D eigenvalue weighted by Crippen LogP contribution is -1.95. The van der Waals surface area contributed by atoms with Crippen molar-refractivity contribution in [2.24, 2.45) is 0 Å². The molecular weight excluding hydrogens is 214 g/mol. The van der Waals surface area contributed by atoms with E-state index >= 15 is 0 Å². The number of rotatable bonds is 2. The Kier molecular flexibility index (Phi) is 2.35. The van der Waals surface area contributed by atoms with Gasteiger partial charge in [0.2, 0.25) is 0 Å². The number of hydrogen-bond donors (Lipinski definition) is 2. The summed E-state index contributed by atoms with van der Waals surface area (Å²) in [5, 5.41) is 20.8. The molecule has 3 heteroatoms. The first-order valence-corrected chi connectivity index (χ1v) is 5.56. The molecule has 2 aromatic carbocycles. The second-order valence-electron chi connectivity index (χ2n) is 4.10. The summed E-state index contributed by atoms with van der Waals surface area (Å²) in [6.07, 6.45) is 0. The first-order chi connectivity index (χ1) is 8.35. The van der Waals surface area contributed by atoms with E-state index in [1.54, 1.807) is 0 Å². The van der Waals surface area contributed by atoms with Gasteiger partial charge in [0.25, 0.3) is 0 Å². The molecule has 0 aliphatic heterocycles. The van der Waals surface area contributed by atoms with Gasteiger partial charge in [-0.2, -0.15) is 0 Å². The van der Waals surface area contributed by atoms with Gasteiger partial charge in [-0.15, -0.1) is 0 Å². The summed E-state index contributed by atoms with van der Waals surface area (Å²) in [6, 6.07) is 13.8. The van der Waals surface area contributed by atoms with Crippen molar-refractivity contribution in [3.05, 3.63) is 48.0 Å². The van der Waals surface area contributed by atoms with Gasteiger partial charge in [0.15, 0.2) is 0 Å². The molecule has 3 rings (SSSR count). The van der Waals surface area contributed by atoms with Crippen molar-refractivity contribution in [2.75, 3.05) is 0 Å². The van der Waals surface area contributed by atoms with Gasteiger partial charge in [-0.05, 0) is 23.8 Å². The minimum Gasteiger partial charge on any atom is -0.392 e. The fourth-order valence-electron chi connectivity index (χ4n) is 2.35. The fraction of sp³-hybridized carbons (Fsp3) is 0.143. The van der Waals surface area contributed by atoms with Crippen LogP contribution in [0, 0.1) is 0 Å². The number of aromatic nitrogens is 1. The lowest BCUT2D eigenvalue weighted by molar-refractivity contribution is 0.220. The Balaban J connectivity index is 2.49. The molecule has 17 heavy (non-hydrogen) atoms. The van der Waals surface area contributed by atoms with E-state index in [0.717, 1.165) is 27.4 Å². The van der Waals surface area contributed by atoms with E-state index in [4.69, 9.17) is 0 Å². The van der Waals surface area contributed by atoms with Crippen LogP contribution in [0.2, 0.25) is 0 Å². The van der Waals surface area contributed by atoms with E-state index in [-0.39, 0.29) is 13.3 Å². The predicted molar refractivity (Wildman–Crippen MR) is 67.6 cm³/mol. The molecule has 0 radical (unpaired) electrons. The quantitative estimate of drug-likeness (QED) is 0.705. The highest BCUT2D eigenvalue weighted by Gasteiger charge is 2.09. The molecule has 3 nitrogen and oxygen atoms in total. The summed E-state index contributed by atoms with van der Waals surface area (Å²) in [5.41, 5.74) is 2.89. The van der Waals surface area contributed by atoms with Crippen molar-refractivity contribution >= 4 is 21.8 Å². The van der Waals surface area contributed by atoms with Crippen LogP contribution < -0.4 is 0 Å². The molecule has 0 fully saturated rings. The zero-order chi connectivity index (χ0) is 11.8. The topological polar surface area (TPSA) is 45.4 Å². The minimum absolute atomic E-state index is 0.0363. The van der Waals surface area contributed by atoms with E-state index in [1.807, 2.05) is 47.0 Å². The standard InChI is InChI=1S/C14H13NO2/c16-8-10-5-6-14-12(7-10)11-3-1-2-4-13(11)15(14)9-17/h1-7,16-17H,8-9H2. The highest BCUT2D eigenvalue weighted by molar-refractivity contribution is 6.08. The molecule has 0 unspecified atom stereocenters. The van der Waals surface area contributed by atoms with Crippen LogP contribution in [0.5, 0.6) is 0 Å². The van der Waals surface area contributed by atoms with Crippen LogP contribution in [0.4, 0.5) is 0 Å².